The van der Waals surface area contributed by atoms with Gasteiger partial charge in [-0.2, -0.15) is 0 Å². The van der Waals surface area contributed by atoms with Crippen LogP contribution in [0.1, 0.15) is 45.4 Å². The van der Waals surface area contributed by atoms with Crippen molar-refractivity contribution in [3.05, 3.63) is 11.6 Å². The van der Waals surface area contributed by atoms with Crippen molar-refractivity contribution in [2.24, 2.45) is 0 Å². The molecule has 5 nitrogen and oxygen atoms in total. The molecule has 1 rings (SSSR count). The lowest BCUT2D eigenvalue weighted by Crippen LogP contribution is -2.46. The summed E-state index contributed by atoms with van der Waals surface area (Å²) in [4.78, 5) is 22.4. The zero-order chi connectivity index (χ0) is 13.4. The Morgan fingerprint density at radius 1 is 1.50 bits per heavy atom. The fourth-order valence-corrected chi connectivity index (χ4v) is 2.06. The molecule has 1 atom stereocenters. The molecule has 0 unspecified atom stereocenters. The Morgan fingerprint density at radius 2 is 2.28 bits per heavy atom. The zero-order valence-corrected chi connectivity index (χ0v) is 10.9. The number of allylic oxidation sites excluding steroid dienone is 1. The standard InChI is InChI=1S/C13H22N2O3/c1-2-5-11(12(16)17)15-13(18)14-9-8-10-6-3-4-7-10/h6,11H,2-5,7-9H2,1H3,(H,16,17)(H2,14,15,18)/t11-/m0/s1. The molecule has 18 heavy (non-hydrogen) atoms. The van der Waals surface area contributed by atoms with Gasteiger partial charge in [-0.3, -0.25) is 0 Å². The second-order valence-corrected chi connectivity index (χ2v) is 4.58. The Bertz CT molecular complexity index is 326. The van der Waals surface area contributed by atoms with Crippen molar-refractivity contribution in [2.45, 2.75) is 51.5 Å². The molecule has 0 aromatic carbocycles. The summed E-state index contributed by atoms with van der Waals surface area (Å²) in [6.07, 6.45) is 7.73. The first-order valence-electron chi connectivity index (χ1n) is 6.58. The minimum absolute atomic E-state index is 0.394. The van der Waals surface area contributed by atoms with Crippen molar-refractivity contribution >= 4 is 12.0 Å². The predicted octanol–water partition coefficient (Wildman–Crippen LogP) is 2.04. The average molecular weight is 254 g/mol. The van der Waals surface area contributed by atoms with Gasteiger partial charge in [-0.25, -0.2) is 9.59 Å². The van der Waals surface area contributed by atoms with Crippen molar-refractivity contribution < 1.29 is 14.7 Å². The van der Waals surface area contributed by atoms with Crippen LogP contribution in [-0.4, -0.2) is 29.7 Å². The summed E-state index contributed by atoms with van der Waals surface area (Å²) in [7, 11) is 0. The number of rotatable bonds is 7. The number of amides is 2. The fourth-order valence-electron chi connectivity index (χ4n) is 2.06. The predicted molar refractivity (Wildman–Crippen MR) is 69.4 cm³/mol. The lowest BCUT2D eigenvalue weighted by Gasteiger charge is -2.14. The van der Waals surface area contributed by atoms with Crippen LogP contribution in [0, 0.1) is 0 Å². The fraction of sp³-hybridized carbons (Fsp3) is 0.692. The second-order valence-electron chi connectivity index (χ2n) is 4.58. The van der Waals surface area contributed by atoms with Crippen LogP contribution in [0.5, 0.6) is 0 Å². The minimum atomic E-state index is -0.981. The topological polar surface area (TPSA) is 78.4 Å². The quantitative estimate of drug-likeness (QED) is 0.608. The maximum absolute atomic E-state index is 11.5. The molecule has 0 radical (unpaired) electrons. The number of carboxylic acid groups (broad SMARTS) is 1. The van der Waals surface area contributed by atoms with Crippen molar-refractivity contribution in [3.8, 4) is 0 Å². The molecule has 102 valence electrons. The second kappa shape index (κ2) is 7.74. The number of aliphatic carboxylic acids is 1. The third-order valence-electron chi connectivity index (χ3n) is 3.05. The van der Waals surface area contributed by atoms with Crippen molar-refractivity contribution in [1.29, 1.82) is 0 Å². The molecule has 0 fully saturated rings. The molecule has 1 aliphatic carbocycles. The van der Waals surface area contributed by atoms with Gasteiger partial charge >= 0.3 is 12.0 Å². The summed E-state index contributed by atoms with van der Waals surface area (Å²) in [6, 6.07) is -1.19. The number of hydrogen-bond acceptors (Lipinski definition) is 2. The normalized spacial score (nSPS) is 15.9. The lowest BCUT2D eigenvalue weighted by molar-refractivity contribution is -0.139. The van der Waals surface area contributed by atoms with E-state index >= 15 is 0 Å². The molecule has 0 bridgehead atoms. The van der Waals surface area contributed by atoms with Gasteiger partial charge in [0.2, 0.25) is 0 Å². The summed E-state index contributed by atoms with van der Waals surface area (Å²) >= 11 is 0. The van der Waals surface area contributed by atoms with Gasteiger partial charge in [0.1, 0.15) is 6.04 Å². The molecular formula is C13H22N2O3. The van der Waals surface area contributed by atoms with Gasteiger partial charge in [-0.1, -0.05) is 25.0 Å². The Labute approximate surface area is 108 Å². The third-order valence-corrected chi connectivity index (χ3v) is 3.05. The maximum Gasteiger partial charge on any atom is 0.326 e. The molecule has 0 saturated heterocycles. The van der Waals surface area contributed by atoms with Gasteiger partial charge in [0, 0.05) is 6.54 Å². The molecule has 2 amide bonds. The summed E-state index contributed by atoms with van der Waals surface area (Å²) < 4.78 is 0. The van der Waals surface area contributed by atoms with Gasteiger partial charge < -0.3 is 15.7 Å². The number of urea groups is 1. The highest BCUT2D eigenvalue weighted by atomic mass is 16.4. The Hall–Kier alpha value is -1.52. The van der Waals surface area contributed by atoms with E-state index in [1.54, 1.807) is 0 Å². The Morgan fingerprint density at radius 3 is 2.83 bits per heavy atom. The summed E-state index contributed by atoms with van der Waals surface area (Å²) in [5, 5.41) is 14.1. The van der Waals surface area contributed by atoms with Crippen LogP contribution in [0.2, 0.25) is 0 Å². The molecule has 5 heteroatoms. The number of carboxylic acids is 1. The van der Waals surface area contributed by atoms with E-state index in [0.29, 0.717) is 13.0 Å². The van der Waals surface area contributed by atoms with E-state index < -0.39 is 18.0 Å². The molecule has 0 aliphatic heterocycles. The van der Waals surface area contributed by atoms with E-state index in [9.17, 15) is 9.59 Å². The van der Waals surface area contributed by atoms with E-state index in [0.717, 1.165) is 25.7 Å². The summed E-state index contributed by atoms with van der Waals surface area (Å²) in [6.45, 7) is 2.46. The summed E-state index contributed by atoms with van der Waals surface area (Å²) in [5.74, 6) is -0.981. The van der Waals surface area contributed by atoms with Crippen LogP contribution in [0.25, 0.3) is 0 Å². The molecular weight excluding hydrogens is 232 g/mol. The average Bonchev–Trinajstić information content (AvgIpc) is 2.81. The monoisotopic (exact) mass is 254 g/mol. The van der Waals surface area contributed by atoms with Gasteiger partial charge in [0.15, 0.2) is 0 Å². The maximum atomic E-state index is 11.5. The van der Waals surface area contributed by atoms with E-state index in [-0.39, 0.29) is 0 Å². The van der Waals surface area contributed by atoms with E-state index in [1.807, 2.05) is 6.92 Å². The van der Waals surface area contributed by atoms with Gasteiger partial charge in [-0.15, -0.1) is 0 Å². The first kappa shape index (κ1) is 14.5. The zero-order valence-electron chi connectivity index (χ0n) is 10.9. The van der Waals surface area contributed by atoms with Crippen molar-refractivity contribution in [2.75, 3.05) is 6.54 Å². The number of hydrogen-bond donors (Lipinski definition) is 3. The van der Waals surface area contributed by atoms with Gasteiger partial charge in [0.05, 0.1) is 0 Å². The minimum Gasteiger partial charge on any atom is -0.480 e. The molecule has 3 N–H and O–H groups in total. The van der Waals surface area contributed by atoms with Gasteiger partial charge in [0.25, 0.3) is 0 Å². The molecule has 0 aromatic rings. The van der Waals surface area contributed by atoms with Crippen molar-refractivity contribution in [3.63, 3.8) is 0 Å². The van der Waals surface area contributed by atoms with Crippen LogP contribution in [0.4, 0.5) is 4.79 Å². The van der Waals surface area contributed by atoms with E-state index in [4.69, 9.17) is 5.11 Å². The lowest BCUT2D eigenvalue weighted by atomic mass is 10.1. The van der Waals surface area contributed by atoms with Gasteiger partial charge in [-0.05, 0) is 32.1 Å². The molecule has 0 spiro atoms. The largest absolute Gasteiger partial charge is 0.480 e. The highest BCUT2D eigenvalue weighted by Crippen LogP contribution is 2.19. The number of nitrogens with one attached hydrogen (secondary N) is 2. The summed E-state index contributed by atoms with van der Waals surface area (Å²) in [5.41, 5.74) is 1.39. The van der Waals surface area contributed by atoms with E-state index in [1.165, 1.54) is 12.0 Å². The molecule has 0 aromatic heterocycles. The Kier molecular flexibility index (Phi) is 6.25. The molecule has 0 saturated carbocycles. The van der Waals surface area contributed by atoms with Crippen LogP contribution < -0.4 is 10.6 Å². The van der Waals surface area contributed by atoms with Crippen molar-refractivity contribution in [1.82, 2.24) is 10.6 Å². The first-order valence-corrected chi connectivity index (χ1v) is 6.58. The third kappa shape index (κ3) is 5.21. The molecule has 1 aliphatic rings. The number of carbonyl (C=O) groups is 2. The van der Waals surface area contributed by atoms with Crippen LogP contribution >= 0.6 is 0 Å². The first-order chi connectivity index (χ1) is 8.63. The van der Waals surface area contributed by atoms with Crippen LogP contribution in [0.15, 0.2) is 11.6 Å². The highest BCUT2D eigenvalue weighted by Gasteiger charge is 2.18. The highest BCUT2D eigenvalue weighted by molar-refractivity contribution is 5.82. The number of carbonyl (C=O) groups excluding carboxylic acids is 1. The smallest absolute Gasteiger partial charge is 0.326 e. The van der Waals surface area contributed by atoms with Crippen LogP contribution in [0.3, 0.4) is 0 Å². The SMILES string of the molecule is CCC[C@H](NC(=O)NCCC1=CCCC1)C(=O)O. The Balaban J connectivity index is 2.20. The van der Waals surface area contributed by atoms with E-state index in [2.05, 4.69) is 16.7 Å². The molecule has 0 heterocycles. The van der Waals surface area contributed by atoms with Crippen LogP contribution in [-0.2, 0) is 4.79 Å².